The Morgan fingerprint density at radius 3 is 2.45 bits per heavy atom. The highest BCUT2D eigenvalue weighted by Gasteiger charge is 2.15. The van der Waals surface area contributed by atoms with Gasteiger partial charge in [-0.05, 0) is 36.4 Å². The molecule has 0 atom stereocenters. The van der Waals surface area contributed by atoms with E-state index in [4.69, 9.17) is 4.74 Å². The summed E-state index contributed by atoms with van der Waals surface area (Å²) in [6, 6.07) is 18.0. The van der Waals surface area contributed by atoms with Gasteiger partial charge in [0.25, 0.3) is 0 Å². The molecule has 0 saturated carbocycles. The molecule has 4 heteroatoms. The number of hydrogen-bond acceptors (Lipinski definition) is 4. The second kappa shape index (κ2) is 6.18. The van der Waals surface area contributed by atoms with E-state index in [-0.39, 0.29) is 5.78 Å². The molecule has 0 aliphatic heterocycles. The number of pyridine rings is 2. The van der Waals surface area contributed by atoms with E-state index < -0.39 is 0 Å². The van der Waals surface area contributed by atoms with Crippen molar-refractivity contribution in [3.8, 4) is 17.1 Å². The summed E-state index contributed by atoms with van der Waals surface area (Å²) in [5.41, 5.74) is 2.27. The van der Waals surface area contributed by atoms with Crippen LogP contribution in [0, 0.1) is 0 Å². The van der Waals surface area contributed by atoms with E-state index in [0.717, 1.165) is 5.69 Å². The molecular formula is C18H14N2O2. The lowest BCUT2D eigenvalue weighted by Crippen LogP contribution is -2.06. The monoisotopic (exact) mass is 290 g/mol. The molecule has 0 radical (unpaired) electrons. The van der Waals surface area contributed by atoms with Crippen molar-refractivity contribution in [1.82, 2.24) is 9.97 Å². The first kappa shape index (κ1) is 13.9. The molecule has 4 nitrogen and oxygen atoms in total. The zero-order valence-electron chi connectivity index (χ0n) is 12.1. The predicted molar refractivity (Wildman–Crippen MR) is 83.9 cm³/mol. The Labute approximate surface area is 128 Å². The van der Waals surface area contributed by atoms with Gasteiger partial charge in [-0.1, -0.05) is 24.3 Å². The van der Waals surface area contributed by atoms with E-state index >= 15 is 0 Å². The van der Waals surface area contributed by atoms with E-state index in [9.17, 15) is 4.79 Å². The van der Waals surface area contributed by atoms with Gasteiger partial charge < -0.3 is 4.74 Å². The van der Waals surface area contributed by atoms with Crippen molar-refractivity contribution in [2.75, 3.05) is 7.11 Å². The van der Waals surface area contributed by atoms with Crippen molar-refractivity contribution >= 4 is 5.78 Å². The van der Waals surface area contributed by atoms with Crippen molar-refractivity contribution in [3.63, 3.8) is 0 Å². The molecule has 0 aliphatic rings. The van der Waals surface area contributed by atoms with Gasteiger partial charge in [0.1, 0.15) is 11.4 Å². The van der Waals surface area contributed by atoms with Gasteiger partial charge in [0.2, 0.25) is 5.78 Å². The third kappa shape index (κ3) is 2.72. The van der Waals surface area contributed by atoms with Crippen LogP contribution in [0.25, 0.3) is 11.4 Å². The molecule has 0 unspecified atom stereocenters. The first-order valence-electron chi connectivity index (χ1n) is 6.86. The number of methoxy groups -OCH3 is 1. The summed E-state index contributed by atoms with van der Waals surface area (Å²) >= 11 is 0. The molecule has 3 rings (SSSR count). The first-order valence-corrected chi connectivity index (χ1v) is 6.86. The van der Waals surface area contributed by atoms with E-state index in [0.29, 0.717) is 22.7 Å². The summed E-state index contributed by atoms with van der Waals surface area (Å²) in [6.45, 7) is 0. The number of hydrogen-bond donors (Lipinski definition) is 0. The lowest BCUT2D eigenvalue weighted by molar-refractivity contribution is 0.103. The fourth-order valence-corrected chi connectivity index (χ4v) is 2.19. The number of nitrogens with zero attached hydrogens (tertiary/aromatic N) is 2. The van der Waals surface area contributed by atoms with Crippen LogP contribution in [0.1, 0.15) is 16.1 Å². The van der Waals surface area contributed by atoms with Crippen molar-refractivity contribution in [1.29, 1.82) is 0 Å². The quantitative estimate of drug-likeness (QED) is 0.691. The molecule has 1 aromatic carbocycles. The summed E-state index contributed by atoms with van der Waals surface area (Å²) in [6.07, 6.45) is 1.70. The lowest BCUT2D eigenvalue weighted by atomic mass is 10.1. The number of ether oxygens (including phenoxy) is 1. The molecule has 2 heterocycles. The second-order valence-corrected chi connectivity index (χ2v) is 4.65. The van der Waals surface area contributed by atoms with Crippen molar-refractivity contribution in [2.45, 2.75) is 0 Å². The van der Waals surface area contributed by atoms with Crippen LogP contribution in [0.15, 0.2) is 66.9 Å². The molecule has 3 aromatic rings. The zero-order valence-corrected chi connectivity index (χ0v) is 12.1. The summed E-state index contributed by atoms with van der Waals surface area (Å²) < 4.78 is 5.24. The van der Waals surface area contributed by atoms with Crippen LogP contribution in [0.2, 0.25) is 0 Å². The van der Waals surface area contributed by atoms with Crippen molar-refractivity contribution in [2.24, 2.45) is 0 Å². The number of rotatable bonds is 4. The Morgan fingerprint density at radius 2 is 1.68 bits per heavy atom. The Balaban J connectivity index is 2.01. The van der Waals surface area contributed by atoms with Crippen molar-refractivity contribution in [3.05, 3.63) is 78.1 Å². The van der Waals surface area contributed by atoms with Gasteiger partial charge in [-0.25, -0.2) is 4.98 Å². The lowest BCUT2D eigenvalue weighted by Gasteiger charge is -2.07. The van der Waals surface area contributed by atoms with Crippen LogP contribution in [-0.4, -0.2) is 22.9 Å². The van der Waals surface area contributed by atoms with E-state index in [1.165, 1.54) is 0 Å². The van der Waals surface area contributed by atoms with Crippen molar-refractivity contribution < 1.29 is 9.53 Å². The highest BCUT2D eigenvalue weighted by molar-refractivity contribution is 6.09. The van der Waals surface area contributed by atoms with Crippen LogP contribution in [0.5, 0.6) is 5.75 Å². The van der Waals surface area contributed by atoms with E-state index in [1.807, 2.05) is 30.3 Å². The first-order chi connectivity index (χ1) is 10.8. The molecule has 0 saturated heterocycles. The van der Waals surface area contributed by atoms with Gasteiger partial charge >= 0.3 is 0 Å². The number of ketones is 1. The minimum Gasteiger partial charge on any atom is -0.496 e. The van der Waals surface area contributed by atoms with Gasteiger partial charge in [0.15, 0.2) is 0 Å². The van der Waals surface area contributed by atoms with Gasteiger partial charge in [-0.3, -0.25) is 9.78 Å². The number of aromatic nitrogens is 2. The Morgan fingerprint density at radius 1 is 0.909 bits per heavy atom. The summed E-state index contributed by atoms with van der Waals surface area (Å²) in [4.78, 5) is 21.3. The molecule has 108 valence electrons. The highest BCUT2D eigenvalue weighted by atomic mass is 16.5. The van der Waals surface area contributed by atoms with E-state index in [2.05, 4.69) is 9.97 Å². The molecule has 22 heavy (non-hydrogen) atoms. The molecule has 2 aromatic heterocycles. The normalized spacial score (nSPS) is 10.2. The average Bonchev–Trinajstić information content (AvgIpc) is 2.62. The number of para-hydroxylation sites is 1. The Kier molecular flexibility index (Phi) is 3.92. The molecule has 0 bridgehead atoms. The molecular weight excluding hydrogens is 276 g/mol. The van der Waals surface area contributed by atoms with Crippen LogP contribution < -0.4 is 4.74 Å². The van der Waals surface area contributed by atoms with Gasteiger partial charge in [0, 0.05) is 6.20 Å². The van der Waals surface area contributed by atoms with E-state index in [1.54, 1.807) is 43.6 Å². The van der Waals surface area contributed by atoms with Gasteiger partial charge in [0.05, 0.1) is 24.1 Å². The molecule has 0 spiro atoms. The van der Waals surface area contributed by atoms with Crippen LogP contribution in [0.3, 0.4) is 0 Å². The number of carbonyl (C=O) groups excluding carboxylic acids is 1. The molecule has 0 N–H and O–H groups in total. The van der Waals surface area contributed by atoms with Crippen LogP contribution in [0.4, 0.5) is 0 Å². The Hall–Kier alpha value is -3.01. The third-order valence-electron chi connectivity index (χ3n) is 3.26. The molecule has 0 aliphatic carbocycles. The summed E-state index contributed by atoms with van der Waals surface area (Å²) in [7, 11) is 1.55. The fraction of sp³-hybridized carbons (Fsp3) is 0.0556. The maximum absolute atomic E-state index is 12.6. The van der Waals surface area contributed by atoms with Crippen LogP contribution in [-0.2, 0) is 0 Å². The van der Waals surface area contributed by atoms with Crippen LogP contribution >= 0.6 is 0 Å². The zero-order chi connectivity index (χ0) is 15.4. The Bertz CT molecular complexity index is 801. The largest absolute Gasteiger partial charge is 0.496 e. The standard InChI is InChI=1S/C18H14N2O2/c1-22-17-11-3-2-7-13(17)18(21)16-10-6-9-15(20-16)14-8-4-5-12-19-14/h2-12H,1H3. The molecule has 0 amide bonds. The predicted octanol–water partition coefficient (Wildman–Crippen LogP) is 3.38. The van der Waals surface area contributed by atoms with Gasteiger partial charge in [-0.2, -0.15) is 0 Å². The highest BCUT2D eigenvalue weighted by Crippen LogP contribution is 2.21. The molecule has 0 fully saturated rings. The second-order valence-electron chi connectivity index (χ2n) is 4.65. The smallest absolute Gasteiger partial charge is 0.215 e. The third-order valence-corrected chi connectivity index (χ3v) is 3.26. The average molecular weight is 290 g/mol. The number of benzene rings is 1. The minimum absolute atomic E-state index is 0.171. The fourth-order valence-electron chi connectivity index (χ4n) is 2.19. The topological polar surface area (TPSA) is 52.1 Å². The minimum atomic E-state index is -0.171. The SMILES string of the molecule is COc1ccccc1C(=O)c1cccc(-c2ccccn2)n1. The maximum Gasteiger partial charge on any atom is 0.215 e. The van der Waals surface area contributed by atoms with Gasteiger partial charge in [-0.15, -0.1) is 0 Å². The summed E-state index contributed by atoms with van der Waals surface area (Å²) in [5.74, 6) is 0.368. The number of carbonyl (C=O) groups is 1. The maximum atomic E-state index is 12.6. The summed E-state index contributed by atoms with van der Waals surface area (Å²) in [5, 5.41) is 0.